The van der Waals surface area contributed by atoms with E-state index in [0.29, 0.717) is 6.42 Å². The molecule has 1 amide bonds. The summed E-state index contributed by atoms with van der Waals surface area (Å²) >= 11 is 1.71. The third-order valence-electron chi connectivity index (χ3n) is 4.95. The van der Waals surface area contributed by atoms with Crippen LogP contribution in [0.3, 0.4) is 0 Å². The zero-order chi connectivity index (χ0) is 18.8. The summed E-state index contributed by atoms with van der Waals surface area (Å²) in [4.78, 5) is 19.0. The van der Waals surface area contributed by atoms with Gasteiger partial charge in [0.05, 0.1) is 21.3 Å². The fourth-order valence-electron chi connectivity index (χ4n) is 3.21. The number of fused-ring (bicyclic) bond motifs is 2. The highest BCUT2D eigenvalue weighted by Gasteiger charge is 2.20. The minimum Gasteiger partial charge on any atom is -0.459 e. The largest absolute Gasteiger partial charge is 0.459 e. The van der Waals surface area contributed by atoms with Gasteiger partial charge in [-0.15, -0.1) is 11.3 Å². The molecule has 4 rings (SSSR count). The van der Waals surface area contributed by atoms with Gasteiger partial charge in [0.1, 0.15) is 11.3 Å². The molecule has 0 unspecified atom stereocenters. The number of hydrogen-bond acceptors (Lipinski definition) is 4. The van der Waals surface area contributed by atoms with Crippen molar-refractivity contribution in [3.8, 4) is 0 Å². The van der Waals surface area contributed by atoms with Gasteiger partial charge < -0.3 is 9.32 Å². The summed E-state index contributed by atoms with van der Waals surface area (Å²) in [5.74, 6) is 0.947. The molecule has 0 bridgehead atoms. The number of hydrogen-bond donors (Lipinski definition) is 0. The molecular formula is C22H22N2O2S. The second-order valence-electron chi connectivity index (χ2n) is 6.80. The number of para-hydroxylation sites is 2. The number of thiazole rings is 1. The molecule has 2 aromatic heterocycles. The van der Waals surface area contributed by atoms with Crippen molar-refractivity contribution in [3.05, 3.63) is 65.4 Å². The van der Waals surface area contributed by atoms with Gasteiger partial charge in [0.15, 0.2) is 0 Å². The Morgan fingerprint density at radius 1 is 1.19 bits per heavy atom. The highest BCUT2D eigenvalue weighted by molar-refractivity contribution is 7.18. The van der Waals surface area contributed by atoms with Crippen LogP contribution >= 0.6 is 11.3 Å². The Hall–Kier alpha value is -2.66. The molecule has 0 aliphatic rings. The van der Waals surface area contributed by atoms with Crippen molar-refractivity contribution in [2.24, 2.45) is 0 Å². The predicted molar refractivity (Wildman–Crippen MR) is 110 cm³/mol. The van der Waals surface area contributed by atoms with Gasteiger partial charge in [-0.2, -0.15) is 0 Å². The van der Waals surface area contributed by atoms with E-state index in [1.165, 1.54) is 4.70 Å². The van der Waals surface area contributed by atoms with Gasteiger partial charge in [-0.05, 0) is 44.0 Å². The highest BCUT2D eigenvalue weighted by atomic mass is 32.1. The third kappa shape index (κ3) is 3.74. The number of furan rings is 1. The molecule has 4 aromatic rings. The van der Waals surface area contributed by atoms with E-state index in [1.54, 1.807) is 16.2 Å². The molecule has 0 fully saturated rings. The summed E-state index contributed by atoms with van der Waals surface area (Å²) in [6.45, 7) is 2.00. The zero-order valence-corrected chi connectivity index (χ0v) is 16.3. The molecule has 0 aliphatic heterocycles. The molecule has 2 aromatic carbocycles. The van der Waals surface area contributed by atoms with Gasteiger partial charge in [-0.25, -0.2) is 4.98 Å². The van der Waals surface area contributed by atoms with E-state index in [-0.39, 0.29) is 11.9 Å². The van der Waals surface area contributed by atoms with Crippen LogP contribution in [0.4, 0.5) is 0 Å². The van der Waals surface area contributed by atoms with Crippen LogP contribution in [0.15, 0.2) is 59.0 Å². The first-order valence-corrected chi connectivity index (χ1v) is 10.0. The zero-order valence-electron chi connectivity index (χ0n) is 15.5. The highest BCUT2D eigenvalue weighted by Crippen LogP contribution is 2.27. The molecule has 0 spiro atoms. The first-order valence-electron chi connectivity index (χ1n) is 9.20. The van der Waals surface area contributed by atoms with Gasteiger partial charge in [-0.1, -0.05) is 30.3 Å². The van der Waals surface area contributed by atoms with Crippen molar-refractivity contribution < 1.29 is 9.21 Å². The molecule has 5 heteroatoms. The molecule has 0 N–H and O–H groups in total. The van der Waals surface area contributed by atoms with E-state index >= 15 is 0 Å². The monoisotopic (exact) mass is 378 g/mol. The smallest absolute Gasteiger partial charge is 0.222 e. The Morgan fingerprint density at radius 3 is 2.78 bits per heavy atom. The van der Waals surface area contributed by atoms with Gasteiger partial charge in [0.2, 0.25) is 5.91 Å². The molecule has 138 valence electrons. The van der Waals surface area contributed by atoms with E-state index < -0.39 is 0 Å². The van der Waals surface area contributed by atoms with Crippen LogP contribution in [0.1, 0.15) is 36.6 Å². The van der Waals surface area contributed by atoms with Gasteiger partial charge >= 0.3 is 0 Å². The lowest BCUT2D eigenvalue weighted by Crippen LogP contribution is -2.29. The van der Waals surface area contributed by atoms with Crippen LogP contribution in [0.5, 0.6) is 0 Å². The number of aromatic nitrogens is 1. The third-order valence-corrected chi connectivity index (χ3v) is 6.05. The topological polar surface area (TPSA) is 46.3 Å². The number of rotatable bonds is 6. The summed E-state index contributed by atoms with van der Waals surface area (Å²) in [5.41, 5.74) is 1.90. The maximum Gasteiger partial charge on any atom is 0.222 e. The predicted octanol–water partition coefficient (Wildman–Crippen LogP) is 5.58. The van der Waals surface area contributed by atoms with E-state index in [0.717, 1.165) is 40.1 Å². The SMILES string of the molecule is C[C@@H](c1cc2ccccc2o1)N(C)C(=O)CCCc1nc2ccccc2s1. The standard InChI is InChI=1S/C22H22N2O2S/c1-15(19-14-16-8-3-5-10-18(16)26-19)24(2)22(25)13-7-12-21-23-17-9-4-6-11-20(17)27-21/h3-6,8-11,14-15H,7,12-13H2,1-2H3/t15-/m0/s1. The molecule has 1 atom stereocenters. The Labute approximate surface area is 162 Å². The van der Waals surface area contributed by atoms with Crippen LogP contribution in [0.25, 0.3) is 21.2 Å². The second kappa shape index (κ2) is 7.53. The maximum atomic E-state index is 12.6. The van der Waals surface area contributed by atoms with Crippen LogP contribution < -0.4 is 0 Å². The minimum absolute atomic E-state index is 0.0904. The fraction of sp³-hybridized carbons (Fsp3) is 0.273. The maximum absolute atomic E-state index is 12.6. The number of benzene rings is 2. The summed E-state index contributed by atoms with van der Waals surface area (Å²) < 4.78 is 7.11. The van der Waals surface area contributed by atoms with Crippen molar-refractivity contribution in [1.82, 2.24) is 9.88 Å². The lowest BCUT2D eigenvalue weighted by atomic mass is 10.1. The van der Waals surface area contributed by atoms with E-state index in [4.69, 9.17) is 4.42 Å². The van der Waals surface area contributed by atoms with Crippen molar-refractivity contribution in [3.63, 3.8) is 0 Å². The van der Waals surface area contributed by atoms with Gasteiger partial charge in [-0.3, -0.25) is 4.79 Å². The van der Waals surface area contributed by atoms with Crippen molar-refractivity contribution in [2.45, 2.75) is 32.2 Å². The molecular weight excluding hydrogens is 356 g/mol. The number of amides is 1. The van der Waals surface area contributed by atoms with Crippen molar-refractivity contribution in [2.75, 3.05) is 7.05 Å². The number of carbonyl (C=O) groups is 1. The van der Waals surface area contributed by atoms with Crippen LogP contribution in [0.2, 0.25) is 0 Å². The van der Waals surface area contributed by atoms with E-state index in [9.17, 15) is 4.79 Å². The summed E-state index contributed by atoms with van der Waals surface area (Å²) in [5, 5.41) is 2.16. The average Bonchev–Trinajstić information content (AvgIpc) is 3.30. The quantitative estimate of drug-likeness (QED) is 0.440. The molecule has 27 heavy (non-hydrogen) atoms. The van der Waals surface area contributed by atoms with Crippen LogP contribution in [0, 0.1) is 0 Å². The summed E-state index contributed by atoms with van der Waals surface area (Å²) in [6.07, 6.45) is 2.14. The fourth-order valence-corrected chi connectivity index (χ4v) is 4.22. The first kappa shape index (κ1) is 17.7. The Balaban J connectivity index is 1.35. The molecule has 2 heterocycles. The van der Waals surface area contributed by atoms with Crippen molar-refractivity contribution >= 4 is 38.4 Å². The lowest BCUT2D eigenvalue weighted by molar-refractivity contribution is -0.132. The minimum atomic E-state index is -0.0904. The normalized spacial score (nSPS) is 12.5. The molecule has 0 saturated heterocycles. The Bertz CT molecular complexity index is 1020. The van der Waals surface area contributed by atoms with Crippen LogP contribution in [-0.2, 0) is 11.2 Å². The molecule has 4 nitrogen and oxygen atoms in total. The van der Waals surface area contributed by atoms with Crippen molar-refractivity contribution in [1.29, 1.82) is 0 Å². The Morgan fingerprint density at radius 2 is 1.96 bits per heavy atom. The van der Waals surface area contributed by atoms with Crippen LogP contribution in [-0.4, -0.2) is 22.8 Å². The molecule has 0 aliphatic carbocycles. The van der Waals surface area contributed by atoms with E-state index in [1.807, 2.05) is 62.5 Å². The Kier molecular flexibility index (Phi) is 4.94. The molecule has 0 saturated carbocycles. The molecule has 0 radical (unpaired) electrons. The van der Waals surface area contributed by atoms with Gasteiger partial charge in [0.25, 0.3) is 0 Å². The first-order chi connectivity index (χ1) is 13.1. The summed E-state index contributed by atoms with van der Waals surface area (Å²) in [7, 11) is 1.85. The number of aryl methyl sites for hydroxylation is 1. The van der Waals surface area contributed by atoms with E-state index in [2.05, 4.69) is 11.1 Å². The number of carbonyl (C=O) groups excluding carboxylic acids is 1. The number of nitrogens with zero attached hydrogens (tertiary/aromatic N) is 2. The second-order valence-corrected chi connectivity index (χ2v) is 7.91. The average molecular weight is 378 g/mol. The lowest BCUT2D eigenvalue weighted by Gasteiger charge is -2.23. The summed E-state index contributed by atoms with van der Waals surface area (Å²) in [6, 6.07) is 18.0. The van der Waals surface area contributed by atoms with Gasteiger partial charge in [0, 0.05) is 18.9 Å².